The van der Waals surface area contributed by atoms with Crippen molar-refractivity contribution in [2.75, 3.05) is 0 Å². The lowest BCUT2D eigenvalue weighted by Gasteiger charge is -2.08. The third kappa shape index (κ3) is 3.83. The third-order valence-corrected chi connectivity index (χ3v) is 5.06. The van der Waals surface area contributed by atoms with Crippen LogP contribution in [0, 0.1) is 5.82 Å². The molecule has 0 unspecified atom stereocenters. The number of thioether (sulfide) groups is 1. The van der Waals surface area contributed by atoms with Gasteiger partial charge in [0.25, 0.3) is 0 Å². The molecule has 0 radical (unpaired) electrons. The van der Waals surface area contributed by atoms with Gasteiger partial charge in [-0.2, -0.15) is 4.98 Å². The van der Waals surface area contributed by atoms with E-state index in [-0.39, 0.29) is 5.82 Å². The fraction of sp³-hybridized carbons (Fsp3) is 0.200. The van der Waals surface area contributed by atoms with E-state index in [9.17, 15) is 4.39 Å². The number of aromatic nitrogens is 4. The zero-order valence-corrected chi connectivity index (χ0v) is 15.5. The van der Waals surface area contributed by atoms with E-state index in [1.165, 1.54) is 23.9 Å². The maximum atomic E-state index is 13.2. The van der Waals surface area contributed by atoms with Gasteiger partial charge in [0.05, 0.1) is 5.75 Å². The molecular weight excluding hydrogens is 363 g/mol. The topological polar surface area (TPSA) is 64.7 Å². The Kier molecular flexibility index (Phi) is 5.11. The van der Waals surface area contributed by atoms with Gasteiger partial charge in [-0.25, -0.2) is 4.39 Å². The lowest BCUT2D eigenvalue weighted by atomic mass is 10.1. The minimum absolute atomic E-state index is 0.272. The van der Waals surface area contributed by atoms with Crippen molar-refractivity contribution in [3.05, 3.63) is 66.1 Å². The Labute approximate surface area is 160 Å². The van der Waals surface area contributed by atoms with Crippen LogP contribution < -0.4 is 0 Å². The first-order valence-corrected chi connectivity index (χ1v) is 9.69. The Morgan fingerprint density at radius 2 is 1.78 bits per heavy atom. The number of fused-ring (bicyclic) bond motifs is 1. The van der Waals surface area contributed by atoms with Crippen LogP contribution >= 0.6 is 11.8 Å². The van der Waals surface area contributed by atoms with E-state index in [1.54, 1.807) is 12.1 Å². The molecule has 4 aromatic rings. The van der Waals surface area contributed by atoms with Gasteiger partial charge in [0.15, 0.2) is 5.82 Å². The van der Waals surface area contributed by atoms with Crippen LogP contribution in [0.1, 0.15) is 25.1 Å². The summed E-state index contributed by atoms with van der Waals surface area (Å²) in [6.45, 7) is 2.07. The highest BCUT2D eigenvalue weighted by atomic mass is 32.2. The minimum atomic E-state index is -0.272. The van der Waals surface area contributed by atoms with Gasteiger partial charge in [0.2, 0.25) is 5.89 Å². The van der Waals surface area contributed by atoms with Crippen LogP contribution in [0.25, 0.3) is 22.0 Å². The SMILES string of the molecule is CCCc1nc(CSc2nnc(-c3ccc(F)cc3)c3ccccc23)no1. The second-order valence-corrected chi connectivity index (χ2v) is 7.01. The number of halogens is 1. The van der Waals surface area contributed by atoms with E-state index in [0.717, 1.165) is 39.9 Å². The summed E-state index contributed by atoms with van der Waals surface area (Å²) in [6, 6.07) is 14.2. The third-order valence-electron chi connectivity index (χ3n) is 4.08. The van der Waals surface area contributed by atoms with Crippen LogP contribution in [-0.2, 0) is 12.2 Å². The summed E-state index contributed by atoms with van der Waals surface area (Å²) in [5.74, 6) is 1.60. The fourth-order valence-electron chi connectivity index (χ4n) is 2.80. The predicted molar refractivity (Wildman–Crippen MR) is 103 cm³/mol. The molecule has 0 amide bonds. The van der Waals surface area contributed by atoms with E-state index in [0.29, 0.717) is 17.5 Å². The maximum absolute atomic E-state index is 13.2. The number of benzene rings is 2. The smallest absolute Gasteiger partial charge is 0.226 e. The van der Waals surface area contributed by atoms with Crippen molar-refractivity contribution in [3.63, 3.8) is 0 Å². The first-order chi connectivity index (χ1) is 13.2. The lowest BCUT2D eigenvalue weighted by Crippen LogP contribution is -1.95. The number of rotatable bonds is 6. The first kappa shape index (κ1) is 17.6. The molecule has 7 heteroatoms. The Balaban J connectivity index is 1.64. The minimum Gasteiger partial charge on any atom is -0.339 e. The van der Waals surface area contributed by atoms with Gasteiger partial charge in [-0.1, -0.05) is 48.1 Å². The van der Waals surface area contributed by atoms with Crippen molar-refractivity contribution in [3.8, 4) is 11.3 Å². The molecule has 136 valence electrons. The Morgan fingerprint density at radius 1 is 1.00 bits per heavy atom. The molecule has 0 fully saturated rings. The highest BCUT2D eigenvalue weighted by Gasteiger charge is 2.13. The molecule has 0 atom stereocenters. The second kappa shape index (κ2) is 7.84. The molecule has 0 saturated heterocycles. The number of aryl methyl sites for hydroxylation is 1. The summed E-state index contributed by atoms with van der Waals surface area (Å²) in [4.78, 5) is 4.39. The lowest BCUT2D eigenvalue weighted by molar-refractivity contribution is 0.373. The highest BCUT2D eigenvalue weighted by molar-refractivity contribution is 7.98. The average molecular weight is 380 g/mol. The number of nitrogens with zero attached hydrogens (tertiary/aromatic N) is 4. The molecule has 27 heavy (non-hydrogen) atoms. The molecule has 5 nitrogen and oxygen atoms in total. The van der Waals surface area contributed by atoms with E-state index < -0.39 is 0 Å². The summed E-state index contributed by atoms with van der Waals surface area (Å²) in [5, 5.41) is 15.6. The Bertz CT molecular complexity index is 1070. The van der Waals surface area contributed by atoms with Gasteiger partial charge < -0.3 is 4.52 Å². The summed E-state index contributed by atoms with van der Waals surface area (Å²) >= 11 is 1.52. The molecule has 0 aliphatic rings. The summed E-state index contributed by atoms with van der Waals surface area (Å²) in [5.41, 5.74) is 1.57. The molecule has 0 N–H and O–H groups in total. The van der Waals surface area contributed by atoms with E-state index in [4.69, 9.17) is 4.52 Å². The standard InChI is InChI=1S/C20H17FN4OS/c1-2-5-18-22-17(25-26-18)12-27-20-16-7-4-3-6-15(16)19(23-24-20)13-8-10-14(21)11-9-13/h3-4,6-11H,2,5,12H2,1H3. The molecule has 2 aromatic carbocycles. The van der Waals surface area contributed by atoms with Gasteiger partial charge in [0, 0.05) is 22.8 Å². The largest absolute Gasteiger partial charge is 0.339 e. The van der Waals surface area contributed by atoms with Crippen LogP contribution in [0.4, 0.5) is 4.39 Å². The summed E-state index contributed by atoms with van der Waals surface area (Å²) in [7, 11) is 0. The van der Waals surface area contributed by atoms with E-state index in [1.807, 2.05) is 24.3 Å². The average Bonchev–Trinajstić information content (AvgIpc) is 3.15. The zero-order chi connectivity index (χ0) is 18.6. The van der Waals surface area contributed by atoms with Crippen molar-refractivity contribution in [2.24, 2.45) is 0 Å². The van der Waals surface area contributed by atoms with Crippen molar-refractivity contribution >= 4 is 22.5 Å². The predicted octanol–water partition coefficient (Wildman–Crippen LogP) is 5.06. The quantitative estimate of drug-likeness (QED) is 0.436. The molecule has 0 aliphatic carbocycles. The summed E-state index contributed by atoms with van der Waals surface area (Å²) in [6.07, 6.45) is 1.75. The molecule has 4 rings (SSSR count). The van der Waals surface area contributed by atoms with Gasteiger partial charge >= 0.3 is 0 Å². The van der Waals surface area contributed by atoms with Crippen molar-refractivity contribution in [1.29, 1.82) is 0 Å². The van der Waals surface area contributed by atoms with Crippen molar-refractivity contribution in [1.82, 2.24) is 20.3 Å². The van der Waals surface area contributed by atoms with Crippen LogP contribution in [0.5, 0.6) is 0 Å². The maximum Gasteiger partial charge on any atom is 0.226 e. The fourth-order valence-corrected chi connectivity index (χ4v) is 3.62. The van der Waals surface area contributed by atoms with Crippen LogP contribution in [-0.4, -0.2) is 20.3 Å². The van der Waals surface area contributed by atoms with Gasteiger partial charge in [0.1, 0.15) is 16.5 Å². The van der Waals surface area contributed by atoms with Crippen molar-refractivity contribution in [2.45, 2.75) is 30.5 Å². The molecule has 0 bridgehead atoms. The Hall–Kier alpha value is -2.80. The van der Waals surface area contributed by atoms with Crippen LogP contribution in [0.3, 0.4) is 0 Å². The van der Waals surface area contributed by atoms with E-state index >= 15 is 0 Å². The molecule has 0 saturated carbocycles. The molecule has 2 heterocycles. The summed E-state index contributed by atoms with van der Waals surface area (Å²) < 4.78 is 18.5. The van der Waals surface area contributed by atoms with Crippen molar-refractivity contribution < 1.29 is 8.91 Å². The molecular formula is C20H17FN4OS. The Morgan fingerprint density at radius 3 is 2.56 bits per heavy atom. The molecule has 0 aliphatic heterocycles. The van der Waals surface area contributed by atoms with Gasteiger partial charge in [-0.3, -0.25) is 0 Å². The highest BCUT2D eigenvalue weighted by Crippen LogP contribution is 2.32. The molecule has 0 spiro atoms. The van der Waals surface area contributed by atoms with Crippen LogP contribution in [0.15, 0.2) is 58.1 Å². The van der Waals surface area contributed by atoms with Gasteiger partial charge in [-0.05, 0) is 30.7 Å². The number of hydrogen-bond donors (Lipinski definition) is 0. The molecule has 2 aromatic heterocycles. The first-order valence-electron chi connectivity index (χ1n) is 8.70. The van der Waals surface area contributed by atoms with Gasteiger partial charge in [-0.15, -0.1) is 10.2 Å². The van der Waals surface area contributed by atoms with E-state index in [2.05, 4.69) is 27.3 Å². The normalized spacial score (nSPS) is 11.2. The zero-order valence-electron chi connectivity index (χ0n) is 14.7. The van der Waals surface area contributed by atoms with Crippen LogP contribution in [0.2, 0.25) is 0 Å². The number of hydrogen-bond acceptors (Lipinski definition) is 6. The monoisotopic (exact) mass is 380 g/mol. The second-order valence-electron chi connectivity index (χ2n) is 6.05.